The molecule has 2 aromatic rings. The van der Waals surface area contributed by atoms with Crippen LogP contribution in [0.3, 0.4) is 0 Å². The molecule has 0 saturated carbocycles. The second-order valence-electron chi connectivity index (χ2n) is 6.51. The Morgan fingerprint density at radius 1 is 1.20 bits per heavy atom. The van der Waals surface area contributed by atoms with Gasteiger partial charge in [-0.05, 0) is 55.8 Å². The molecule has 0 spiro atoms. The van der Waals surface area contributed by atoms with Crippen molar-refractivity contribution in [3.05, 3.63) is 64.7 Å². The quantitative estimate of drug-likeness (QED) is 0.788. The highest BCUT2D eigenvalue weighted by Gasteiger charge is 2.26. The van der Waals surface area contributed by atoms with Crippen molar-refractivity contribution in [2.24, 2.45) is 0 Å². The molecule has 1 aliphatic rings. The number of Topliss-reactive ketones (excluding diaryl/α,β-unsaturated/α-hetero) is 1. The molecule has 0 fully saturated rings. The Kier molecular flexibility index (Phi) is 4.33. The van der Waals surface area contributed by atoms with Crippen molar-refractivity contribution in [2.75, 3.05) is 7.11 Å². The number of hydrogen-bond donors (Lipinski definition) is 0. The lowest BCUT2D eigenvalue weighted by Crippen LogP contribution is -2.27. The summed E-state index contributed by atoms with van der Waals surface area (Å²) in [5, 5.41) is 8.85. The molecule has 4 heteroatoms. The molecule has 0 amide bonds. The lowest BCUT2D eigenvalue weighted by molar-refractivity contribution is 0.0989. The van der Waals surface area contributed by atoms with Crippen molar-refractivity contribution in [1.29, 1.82) is 5.26 Å². The first-order valence-corrected chi connectivity index (χ1v) is 8.05. The van der Waals surface area contributed by atoms with E-state index in [2.05, 4.69) is 6.07 Å². The number of fused-ring (bicyclic) bond motifs is 1. The van der Waals surface area contributed by atoms with Crippen LogP contribution >= 0.6 is 0 Å². The predicted octanol–water partition coefficient (Wildman–Crippen LogP) is 4.18. The Balaban J connectivity index is 1.91. The summed E-state index contributed by atoms with van der Waals surface area (Å²) >= 11 is 0. The number of benzene rings is 2. The Morgan fingerprint density at radius 2 is 1.92 bits per heavy atom. The summed E-state index contributed by atoms with van der Waals surface area (Å²) in [6, 6.07) is 12.7. The van der Waals surface area contributed by atoms with Gasteiger partial charge in [-0.15, -0.1) is 0 Å². The standard InChI is InChI=1S/C21H19NO3/c1-21(2)11-10-17-19(25-21)9-8-16(20(17)24-3)18(23)12-14-4-6-15(13-22)7-5-14/h4-11H,12H2,1-3H3. The summed E-state index contributed by atoms with van der Waals surface area (Å²) < 4.78 is 11.4. The van der Waals surface area contributed by atoms with Gasteiger partial charge in [-0.2, -0.15) is 5.26 Å². The van der Waals surface area contributed by atoms with Gasteiger partial charge in [0.1, 0.15) is 17.1 Å². The maximum atomic E-state index is 12.8. The van der Waals surface area contributed by atoms with Crippen LogP contribution in [0.4, 0.5) is 0 Å². The number of methoxy groups -OCH3 is 1. The van der Waals surface area contributed by atoms with Crippen molar-refractivity contribution < 1.29 is 14.3 Å². The van der Waals surface area contributed by atoms with Crippen LogP contribution in [0.25, 0.3) is 6.08 Å². The van der Waals surface area contributed by atoms with Crippen LogP contribution in [0.1, 0.15) is 40.9 Å². The average molecular weight is 333 g/mol. The third-order valence-electron chi connectivity index (χ3n) is 4.13. The molecule has 126 valence electrons. The van der Waals surface area contributed by atoms with E-state index in [9.17, 15) is 4.79 Å². The van der Waals surface area contributed by atoms with Crippen LogP contribution < -0.4 is 9.47 Å². The van der Waals surface area contributed by atoms with E-state index in [0.29, 0.717) is 22.6 Å². The number of nitriles is 1. The first-order chi connectivity index (χ1) is 11.9. The lowest BCUT2D eigenvalue weighted by atomic mass is 9.96. The molecule has 1 aliphatic heterocycles. The van der Waals surface area contributed by atoms with E-state index in [0.717, 1.165) is 11.1 Å². The highest BCUT2D eigenvalue weighted by molar-refractivity contribution is 6.01. The number of carbonyl (C=O) groups excluding carboxylic acids is 1. The monoisotopic (exact) mass is 333 g/mol. The fourth-order valence-corrected chi connectivity index (χ4v) is 2.85. The van der Waals surface area contributed by atoms with Gasteiger partial charge in [-0.1, -0.05) is 12.1 Å². The molecule has 0 aliphatic carbocycles. The van der Waals surface area contributed by atoms with Crippen LogP contribution in [0, 0.1) is 11.3 Å². The van der Waals surface area contributed by atoms with Gasteiger partial charge < -0.3 is 9.47 Å². The van der Waals surface area contributed by atoms with Crippen molar-refractivity contribution >= 4 is 11.9 Å². The topological polar surface area (TPSA) is 59.3 Å². The van der Waals surface area contributed by atoms with Gasteiger partial charge in [0.2, 0.25) is 0 Å². The molecule has 0 aromatic heterocycles. The van der Waals surface area contributed by atoms with Crippen LogP contribution in [0.15, 0.2) is 42.5 Å². The fraction of sp³-hybridized carbons (Fsp3) is 0.238. The number of ketones is 1. The minimum absolute atomic E-state index is 0.0393. The van der Waals surface area contributed by atoms with E-state index in [1.165, 1.54) is 0 Å². The average Bonchev–Trinajstić information content (AvgIpc) is 2.60. The molecule has 0 bridgehead atoms. The second kappa shape index (κ2) is 6.45. The summed E-state index contributed by atoms with van der Waals surface area (Å²) in [7, 11) is 1.56. The Labute approximate surface area is 147 Å². The molecule has 2 aromatic carbocycles. The molecule has 0 unspecified atom stereocenters. The van der Waals surface area contributed by atoms with Gasteiger partial charge in [0.05, 0.1) is 29.9 Å². The smallest absolute Gasteiger partial charge is 0.170 e. The van der Waals surface area contributed by atoms with Gasteiger partial charge >= 0.3 is 0 Å². The molecular formula is C21H19NO3. The maximum absolute atomic E-state index is 12.8. The number of ether oxygens (including phenoxy) is 2. The molecule has 0 atom stereocenters. The number of nitrogens with zero attached hydrogens (tertiary/aromatic N) is 1. The summed E-state index contributed by atoms with van der Waals surface area (Å²) in [4.78, 5) is 12.8. The van der Waals surface area contributed by atoms with Crippen LogP contribution in [0.2, 0.25) is 0 Å². The van der Waals surface area contributed by atoms with E-state index >= 15 is 0 Å². The van der Waals surface area contributed by atoms with Gasteiger partial charge in [0.15, 0.2) is 5.78 Å². The summed E-state index contributed by atoms with van der Waals surface area (Å²) in [5.41, 5.74) is 2.36. The summed E-state index contributed by atoms with van der Waals surface area (Å²) in [6.07, 6.45) is 4.14. The van der Waals surface area contributed by atoms with Gasteiger partial charge in [-0.25, -0.2) is 0 Å². The second-order valence-corrected chi connectivity index (χ2v) is 6.51. The maximum Gasteiger partial charge on any atom is 0.170 e. The zero-order valence-electron chi connectivity index (χ0n) is 14.5. The lowest BCUT2D eigenvalue weighted by Gasteiger charge is -2.29. The third kappa shape index (κ3) is 3.41. The predicted molar refractivity (Wildman–Crippen MR) is 95.9 cm³/mol. The largest absolute Gasteiger partial charge is 0.495 e. The zero-order valence-corrected chi connectivity index (χ0v) is 14.5. The molecule has 3 rings (SSSR count). The van der Waals surface area contributed by atoms with Crippen molar-refractivity contribution in [2.45, 2.75) is 25.9 Å². The van der Waals surface area contributed by atoms with E-state index in [4.69, 9.17) is 14.7 Å². The molecular weight excluding hydrogens is 314 g/mol. The van der Waals surface area contributed by atoms with Gasteiger partial charge in [0, 0.05) is 6.42 Å². The number of rotatable bonds is 4. The summed E-state index contributed by atoms with van der Waals surface area (Å²) in [6.45, 7) is 3.95. The van der Waals surface area contributed by atoms with E-state index in [1.807, 2.05) is 32.1 Å². The zero-order chi connectivity index (χ0) is 18.0. The van der Waals surface area contributed by atoms with E-state index < -0.39 is 0 Å². The molecule has 25 heavy (non-hydrogen) atoms. The molecule has 0 saturated heterocycles. The van der Waals surface area contributed by atoms with Crippen LogP contribution in [0.5, 0.6) is 11.5 Å². The Bertz CT molecular complexity index is 887. The SMILES string of the molecule is COc1c(C(=O)Cc2ccc(C#N)cc2)ccc2c1C=CC(C)(C)O2. The first kappa shape index (κ1) is 16.8. The molecule has 1 heterocycles. The van der Waals surface area contributed by atoms with Gasteiger partial charge in [-0.3, -0.25) is 4.79 Å². The number of hydrogen-bond acceptors (Lipinski definition) is 4. The molecule has 4 nitrogen and oxygen atoms in total. The van der Waals surface area contributed by atoms with Crippen molar-refractivity contribution in [3.63, 3.8) is 0 Å². The highest BCUT2D eigenvalue weighted by atomic mass is 16.5. The van der Waals surface area contributed by atoms with Crippen molar-refractivity contribution in [1.82, 2.24) is 0 Å². The van der Waals surface area contributed by atoms with Crippen LogP contribution in [-0.2, 0) is 6.42 Å². The van der Waals surface area contributed by atoms with Crippen molar-refractivity contribution in [3.8, 4) is 17.6 Å². The molecule has 0 N–H and O–H groups in total. The fourth-order valence-electron chi connectivity index (χ4n) is 2.85. The normalized spacial score (nSPS) is 14.2. The Hall–Kier alpha value is -3.06. The summed E-state index contributed by atoms with van der Waals surface area (Å²) in [5.74, 6) is 1.20. The first-order valence-electron chi connectivity index (χ1n) is 8.05. The molecule has 0 radical (unpaired) electrons. The number of carbonyl (C=O) groups is 1. The minimum atomic E-state index is -0.383. The minimum Gasteiger partial charge on any atom is -0.495 e. The van der Waals surface area contributed by atoms with Crippen LogP contribution in [-0.4, -0.2) is 18.5 Å². The third-order valence-corrected chi connectivity index (χ3v) is 4.13. The van der Waals surface area contributed by atoms with Gasteiger partial charge in [0.25, 0.3) is 0 Å². The highest BCUT2D eigenvalue weighted by Crippen LogP contribution is 2.39. The van der Waals surface area contributed by atoms with E-state index in [1.54, 1.807) is 37.4 Å². The Morgan fingerprint density at radius 3 is 2.56 bits per heavy atom. The van der Waals surface area contributed by atoms with E-state index in [-0.39, 0.29) is 17.8 Å².